The smallest absolute Gasteiger partial charge is 0.135 e. The molecule has 0 aliphatic rings. The van der Waals surface area contributed by atoms with Crippen LogP contribution in [-0.4, -0.2) is 17.1 Å². The molecule has 1 heterocycles. The van der Waals surface area contributed by atoms with E-state index in [1.165, 1.54) is 6.33 Å². The van der Waals surface area contributed by atoms with Crippen LogP contribution in [0, 0.1) is 0 Å². The van der Waals surface area contributed by atoms with Gasteiger partial charge < -0.3 is 15.4 Å². The van der Waals surface area contributed by atoms with Gasteiger partial charge in [0.2, 0.25) is 0 Å². The molecule has 1 aromatic heterocycles. The second-order valence-electron chi connectivity index (χ2n) is 5.06. The van der Waals surface area contributed by atoms with Crippen LogP contribution in [-0.2, 0) is 6.54 Å². The molecule has 0 saturated carbocycles. The van der Waals surface area contributed by atoms with Crippen LogP contribution < -0.4 is 15.4 Å². The first-order chi connectivity index (χ1) is 11.8. The molecule has 3 aromatic rings. The second kappa shape index (κ2) is 7.66. The lowest BCUT2D eigenvalue weighted by molar-refractivity contribution is 0.410. The molecule has 5 nitrogen and oxygen atoms in total. The van der Waals surface area contributed by atoms with Crippen molar-refractivity contribution in [1.29, 1.82) is 0 Å². The van der Waals surface area contributed by atoms with Gasteiger partial charge in [0.25, 0.3) is 0 Å². The Labute approximate surface area is 145 Å². The number of hydrogen-bond acceptors (Lipinski definition) is 5. The summed E-state index contributed by atoms with van der Waals surface area (Å²) in [6, 6.07) is 17.2. The van der Waals surface area contributed by atoms with Gasteiger partial charge in [-0.1, -0.05) is 41.9 Å². The Morgan fingerprint density at radius 1 is 1.00 bits per heavy atom. The molecule has 24 heavy (non-hydrogen) atoms. The van der Waals surface area contributed by atoms with E-state index in [0.717, 1.165) is 17.0 Å². The summed E-state index contributed by atoms with van der Waals surface area (Å²) in [5, 5.41) is 7.10. The Bertz CT molecular complexity index is 825. The Morgan fingerprint density at radius 2 is 1.75 bits per heavy atom. The number of halogens is 1. The summed E-state index contributed by atoms with van der Waals surface area (Å²) in [6.07, 6.45) is 1.50. The van der Waals surface area contributed by atoms with E-state index in [9.17, 15) is 0 Å². The quantitative estimate of drug-likeness (QED) is 0.692. The summed E-state index contributed by atoms with van der Waals surface area (Å²) in [5.41, 5.74) is 1.85. The predicted octanol–water partition coefficient (Wildman–Crippen LogP) is 4.49. The van der Waals surface area contributed by atoms with E-state index >= 15 is 0 Å². The summed E-state index contributed by atoms with van der Waals surface area (Å²) in [7, 11) is 1.66. The van der Waals surface area contributed by atoms with Crippen LogP contribution in [0.3, 0.4) is 0 Å². The van der Waals surface area contributed by atoms with Gasteiger partial charge in [-0.2, -0.15) is 0 Å². The minimum absolute atomic E-state index is 0.604. The van der Waals surface area contributed by atoms with Crippen LogP contribution in [0.1, 0.15) is 5.56 Å². The van der Waals surface area contributed by atoms with E-state index < -0.39 is 0 Å². The highest BCUT2D eigenvalue weighted by Crippen LogP contribution is 2.24. The number of nitrogens with one attached hydrogen (secondary N) is 2. The average molecular weight is 341 g/mol. The van der Waals surface area contributed by atoms with Gasteiger partial charge in [-0.05, 0) is 18.2 Å². The standard InChI is InChI=1S/C18H17ClN4O/c1-24-16-9-5-2-6-13(16)11-20-17-10-18(22-12-21-17)23-15-8-4-3-7-14(15)19/h2-10,12H,11H2,1H3,(H2,20,21,22,23). The first kappa shape index (κ1) is 16.1. The predicted molar refractivity (Wildman–Crippen MR) is 97.1 cm³/mol. The minimum atomic E-state index is 0.604. The van der Waals surface area contributed by atoms with Crippen molar-refractivity contribution in [1.82, 2.24) is 9.97 Å². The Balaban J connectivity index is 1.70. The molecular formula is C18H17ClN4O. The van der Waals surface area contributed by atoms with Crippen molar-refractivity contribution in [2.24, 2.45) is 0 Å². The number of aromatic nitrogens is 2. The van der Waals surface area contributed by atoms with E-state index in [4.69, 9.17) is 16.3 Å². The molecule has 6 heteroatoms. The van der Waals surface area contributed by atoms with Gasteiger partial charge in [-0.15, -0.1) is 0 Å². The molecule has 0 saturated heterocycles. The molecule has 0 bridgehead atoms. The van der Waals surface area contributed by atoms with Gasteiger partial charge in [0.1, 0.15) is 23.7 Å². The van der Waals surface area contributed by atoms with Gasteiger partial charge in [-0.3, -0.25) is 0 Å². The average Bonchev–Trinajstić information content (AvgIpc) is 2.62. The lowest BCUT2D eigenvalue weighted by Crippen LogP contribution is -2.04. The van der Waals surface area contributed by atoms with Crippen LogP contribution in [0.5, 0.6) is 5.75 Å². The summed E-state index contributed by atoms with van der Waals surface area (Å²) in [4.78, 5) is 8.46. The summed E-state index contributed by atoms with van der Waals surface area (Å²) < 4.78 is 5.35. The van der Waals surface area contributed by atoms with Gasteiger partial charge >= 0.3 is 0 Å². The number of anilines is 3. The molecule has 3 rings (SSSR count). The number of rotatable bonds is 6. The van der Waals surface area contributed by atoms with E-state index in [2.05, 4.69) is 20.6 Å². The molecule has 0 aliphatic carbocycles. The van der Waals surface area contributed by atoms with Crippen molar-refractivity contribution in [3.63, 3.8) is 0 Å². The van der Waals surface area contributed by atoms with Crippen LogP contribution in [0.2, 0.25) is 5.02 Å². The number of hydrogen-bond donors (Lipinski definition) is 2. The number of para-hydroxylation sites is 2. The van der Waals surface area contributed by atoms with E-state index in [0.29, 0.717) is 23.2 Å². The maximum Gasteiger partial charge on any atom is 0.135 e. The fraction of sp³-hybridized carbons (Fsp3) is 0.111. The van der Waals surface area contributed by atoms with Crippen molar-refractivity contribution in [3.8, 4) is 5.75 Å². The zero-order valence-corrected chi connectivity index (χ0v) is 13.9. The molecule has 2 aromatic carbocycles. The third kappa shape index (κ3) is 3.94. The van der Waals surface area contributed by atoms with E-state index in [1.54, 1.807) is 7.11 Å². The van der Waals surface area contributed by atoms with Crippen molar-refractivity contribution in [3.05, 3.63) is 71.5 Å². The molecule has 0 unspecified atom stereocenters. The molecule has 0 spiro atoms. The maximum atomic E-state index is 6.15. The van der Waals surface area contributed by atoms with Crippen molar-refractivity contribution < 1.29 is 4.74 Å². The Kier molecular flexibility index (Phi) is 5.13. The van der Waals surface area contributed by atoms with Gasteiger partial charge in [0, 0.05) is 18.2 Å². The maximum absolute atomic E-state index is 6.15. The monoisotopic (exact) mass is 340 g/mol. The molecule has 0 radical (unpaired) electrons. The Hall–Kier alpha value is -2.79. The van der Waals surface area contributed by atoms with Crippen LogP contribution >= 0.6 is 11.6 Å². The third-order valence-electron chi connectivity index (χ3n) is 3.46. The fourth-order valence-corrected chi connectivity index (χ4v) is 2.44. The summed E-state index contributed by atoms with van der Waals surface area (Å²) in [6.45, 7) is 0.604. The second-order valence-corrected chi connectivity index (χ2v) is 5.47. The van der Waals surface area contributed by atoms with Crippen molar-refractivity contribution >= 4 is 28.9 Å². The highest BCUT2D eigenvalue weighted by Gasteiger charge is 2.04. The zero-order valence-electron chi connectivity index (χ0n) is 13.2. The molecule has 2 N–H and O–H groups in total. The first-order valence-corrected chi connectivity index (χ1v) is 7.83. The van der Waals surface area contributed by atoms with Crippen molar-refractivity contribution in [2.75, 3.05) is 17.7 Å². The summed E-state index contributed by atoms with van der Waals surface area (Å²) in [5.74, 6) is 2.22. The highest BCUT2D eigenvalue weighted by atomic mass is 35.5. The molecule has 0 aliphatic heterocycles. The van der Waals surface area contributed by atoms with Gasteiger partial charge in [-0.25, -0.2) is 9.97 Å². The van der Waals surface area contributed by atoms with E-state index in [1.807, 2.05) is 54.6 Å². The Morgan fingerprint density at radius 3 is 2.58 bits per heavy atom. The first-order valence-electron chi connectivity index (χ1n) is 7.45. The van der Waals surface area contributed by atoms with Gasteiger partial charge in [0.05, 0.1) is 17.8 Å². The fourth-order valence-electron chi connectivity index (χ4n) is 2.26. The van der Waals surface area contributed by atoms with Crippen LogP contribution in [0.15, 0.2) is 60.9 Å². The topological polar surface area (TPSA) is 59.1 Å². The summed E-state index contributed by atoms with van der Waals surface area (Å²) >= 11 is 6.15. The molecule has 122 valence electrons. The molecule has 0 fully saturated rings. The number of methoxy groups -OCH3 is 1. The number of ether oxygens (including phenoxy) is 1. The zero-order chi connectivity index (χ0) is 16.8. The number of benzene rings is 2. The largest absolute Gasteiger partial charge is 0.496 e. The minimum Gasteiger partial charge on any atom is -0.496 e. The lowest BCUT2D eigenvalue weighted by Gasteiger charge is -2.11. The number of nitrogens with zero attached hydrogens (tertiary/aromatic N) is 2. The normalized spacial score (nSPS) is 10.2. The molecule has 0 amide bonds. The van der Waals surface area contributed by atoms with Crippen LogP contribution in [0.25, 0.3) is 0 Å². The molecule has 0 atom stereocenters. The third-order valence-corrected chi connectivity index (χ3v) is 3.79. The van der Waals surface area contributed by atoms with Crippen LogP contribution in [0.4, 0.5) is 17.3 Å². The SMILES string of the molecule is COc1ccccc1CNc1cc(Nc2ccccc2Cl)ncn1. The lowest BCUT2D eigenvalue weighted by atomic mass is 10.2. The van der Waals surface area contributed by atoms with E-state index in [-0.39, 0.29) is 0 Å². The highest BCUT2D eigenvalue weighted by molar-refractivity contribution is 6.33. The molecular weight excluding hydrogens is 324 g/mol. The van der Waals surface area contributed by atoms with Gasteiger partial charge in [0.15, 0.2) is 0 Å². The van der Waals surface area contributed by atoms with Crippen molar-refractivity contribution in [2.45, 2.75) is 6.54 Å².